The minimum Gasteiger partial charge on any atom is -0.493 e. The number of fused-ring (bicyclic) bond motifs is 1. The maximum absolute atomic E-state index is 12.1. The van der Waals surface area contributed by atoms with E-state index in [1.54, 1.807) is 4.90 Å². The maximum atomic E-state index is 12.1. The number of aliphatic hydroxyl groups excluding tert-OH is 1. The van der Waals surface area contributed by atoms with Crippen LogP contribution in [0.25, 0.3) is 0 Å². The van der Waals surface area contributed by atoms with Crippen LogP contribution in [0.5, 0.6) is 5.75 Å². The van der Waals surface area contributed by atoms with E-state index in [-0.39, 0.29) is 12.0 Å². The van der Waals surface area contributed by atoms with Crippen molar-refractivity contribution in [3.05, 3.63) is 29.3 Å². The van der Waals surface area contributed by atoms with Gasteiger partial charge in [-0.2, -0.15) is 0 Å². The summed E-state index contributed by atoms with van der Waals surface area (Å²) in [5.74, 6) is 0.964. The summed E-state index contributed by atoms with van der Waals surface area (Å²) < 4.78 is 10.9. The zero-order valence-electron chi connectivity index (χ0n) is 14.0. The molecule has 0 aromatic heterocycles. The van der Waals surface area contributed by atoms with Gasteiger partial charge in [0.25, 0.3) is 0 Å². The Morgan fingerprint density at radius 2 is 2.22 bits per heavy atom. The number of carbonyl (C=O) groups excluding carboxylic acids is 1. The second kappa shape index (κ2) is 6.04. The van der Waals surface area contributed by atoms with Gasteiger partial charge in [-0.05, 0) is 50.5 Å². The summed E-state index contributed by atoms with van der Waals surface area (Å²) in [6.07, 6.45) is 0.821. The Morgan fingerprint density at radius 3 is 2.96 bits per heavy atom. The minimum absolute atomic E-state index is 0.0443. The van der Waals surface area contributed by atoms with Crippen molar-refractivity contribution in [1.82, 2.24) is 4.90 Å². The van der Waals surface area contributed by atoms with Crippen LogP contribution in [-0.4, -0.2) is 41.4 Å². The fraction of sp³-hybridized carbons (Fsp3) is 0.611. The predicted octanol–water partition coefficient (Wildman–Crippen LogP) is 2.91. The highest BCUT2D eigenvalue weighted by atomic mass is 16.6. The van der Waals surface area contributed by atoms with E-state index in [0.29, 0.717) is 19.7 Å². The molecule has 23 heavy (non-hydrogen) atoms. The van der Waals surface area contributed by atoms with Gasteiger partial charge in [-0.3, -0.25) is 0 Å². The van der Waals surface area contributed by atoms with Crippen LogP contribution in [0.15, 0.2) is 18.2 Å². The molecule has 2 aliphatic heterocycles. The lowest BCUT2D eigenvalue weighted by Gasteiger charge is -2.25. The van der Waals surface area contributed by atoms with Gasteiger partial charge in [0.15, 0.2) is 0 Å². The zero-order valence-corrected chi connectivity index (χ0v) is 14.0. The Hall–Kier alpha value is -1.75. The van der Waals surface area contributed by atoms with E-state index < -0.39 is 11.7 Å². The fourth-order valence-electron chi connectivity index (χ4n) is 3.20. The quantitative estimate of drug-likeness (QED) is 0.910. The first-order valence-electron chi connectivity index (χ1n) is 8.25. The van der Waals surface area contributed by atoms with E-state index in [0.717, 1.165) is 29.7 Å². The Bertz CT molecular complexity index is 593. The average molecular weight is 319 g/mol. The summed E-state index contributed by atoms with van der Waals surface area (Å²) in [6.45, 7) is 7.46. The Kier molecular flexibility index (Phi) is 4.23. The molecule has 0 saturated carbocycles. The first-order chi connectivity index (χ1) is 10.8. The molecular weight excluding hydrogens is 294 g/mol. The number of aliphatic hydroxyl groups is 1. The van der Waals surface area contributed by atoms with Gasteiger partial charge >= 0.3 is 6.09 Å². The molecular formula is C18H25NO4. The van der Waals surface area contributed by atoms with Gasteiger partial charge in [-0.15, -0.1) is 0 Å². The molecule has 1 N–H and O–H groups in total. The zero-order chi connectivity index (χ0) is 16.6. The Balaban J connectivity index is 1.63. The highest BCUT2D eigenvalue weighted by molar-refractivity contribution is 5.68. The smallest absolute Gasteiger partial charge is 0.410 e. The van der Waals surface area contributed by atoms with Gasteiger partial charge in [0.1, 0.15) is 11.4 Å². The number of benzene rings is 1. The monoisotopic (exact) mass is 319 g/mol. The number of rotatable bonds is 2. The lowest BCUT2D eigenvalue weighted by molar-refractivity contribution is 0.0268. The van der Waals surface area contributed by atoms with Gasteiger partial charge in [0.2, 0.25) is 0 Å². The van der Waals surface area contributed by atoms with E-state index in [4.69, 9.17) is 9.47 Å². The number of amides is 1. The summed E-state index contributed by atoms with van der Waals surface area (Å²) in [5.41, 5.74) is 1.57. The number of nitrogens with zero attached hydrogens (tertiary/aromatic N) is 1. The van der Waals surface area contributed by atoms with Gasteiger partial charge in [0.05, 0.1) is 12.7 Å². The molecule has 5 heteroatoms. The lowest BCUT2D eigenvalue weighted by atomic mass is 9.93. The first kappa shape index (κ1) is 16.1. The lowest BCUT2D eigenvalue weighted by Crippen LogP contribution is -2.35. The van der Waals surface area contributed by atoms with Crippen LogP contribution in [-0.2, 0) is 11.2 Å². The van der Waals surface area contributed by atoms with Gasteiger partial charge < -0.3 is 19.5 Å². The molecule has 1 aromatic rings. The van der Waals surface area contributed by atoms with Gasteiger partial charge in [-0.25, -0.2) is 4.79 Å². The standard InChI is InChI=1S/C18H25NO4/c1-18(2,3)23-17(21)19-8-6-14(11-19)16(20)13-4-5-15-12(10-13)7-9-22-15/h4-5,10,14,16,20H,6-9,11H2,1-3H3. The van der Waals surface area contributed by atoms with Crippen molar-refractivity contribution in [1.29, 1.82) is 0 Å². The highest BCUT2D eigenvalue weighted by Crippen LogP contribution is 2.34. The summed E-state index contributed by atoms with van der Waals surface area (Å²) in [4.78, 5) is 13.8. The molecule has 1 aromatic carbocycles. The molecule has 0 bridgehead atoms. The van der Waals surface area contributed by atoms with Crippen LogP contribution < -0.4 is 4.74 Å². The van der Waals surface area contributed by atoms with Crippen LogP contribution in [0, 0.1) is 5.92 Å². The molecule has 126 valence electrons. The molecule has 1 saturated heterocycles. The summed E-state index contributed by atoms with van der Waals surface area (Å²) in [6, 6.07) is 5.88. The first-order valence-corrected chi connectivity index (χ1v) is 8.25. The number of likely N-dealkylation sites (tertiary alicyclic amines) is 1. The van der Waals surface area contributed by atoms with Crippen molar-refractivity contribution in [2.75, 3.05) is 19.7 Å². The van der Waals surface area contributed by atoms with Crippen molar-refractivity contribution in [3.63, 3.8) is 0 Å². The number of hydrogen-bond acceptors (Lipinski definition) is 4. The third-order valence-electron chi connectivity index (χ3n) is 4.38. The number of ether oxygens (including phenoxy) is 2. The van der Waals surface area contributed by atoms with Crippen molar-refractivity contribution >= 4 is 6.09 Å². The van der Waals surface area contributed by atoms with Crippen LogP contribution in [0.3, 0.4) is 0 Å². The van der Waals surface area contributed by atoms with E-state index in [1.807, 2.05) is 39.0 Å². The molecule has 0 aliphatic carbocycles. The number of hydrogen-bond donors (Lipinski definition) is 1. The van der Waals surface area contributed by atoms with Crippen molar-refractivity contribution < 1.29 is 19.4 Å². The maximum Gasteiger partial charge on any atom is 0.410 e. The van der Waals surface area contributed by atoms with Crippen molar-refractivity contribution in [2.45, 2.75) is 45.3 Å². The second-order valence-corrected chi connectivity index (χ2v) is 7.39. The average Bonchev–Trinajstić information content (AvgIpc) is 3.13. The normalized spacial score (nSPS) is 21.7. The molecule has 2 unspecified atom stereocenters. The van der Waals surface area contributed by atoms with E-state index in [1.165, 1.54) is 0 Å². The Labute approximate surface area is 137 Å². The van der Waals surface area contributed by atoms with Crippen LogP contribution in [0.2, 0.25) is 0 Å². The van der Waals surface area contributed by atoms with Crippen LogP contribution in [0.1, 0.15) is 44.4 Å². The third-order valence-corrected chi connectivity index (χ3v) is 4.38. The van der Waals surface area contributed by atoms with E-state index in [9.17, 15) is 9.90 Å². The molecule has 2 atom stereocenters. The van der Waals surface area contributed by atoms with Gasteiger partial charge in [0, 0.05) is 25.4 Å². The molecule has 5 nitrogen and oxygen atoms in total. The molecule has 0 radical (unpaired) electrons. The number of carbonyl (C=O) groups is 1. The molecule has 2 heterocycles. The summed E-state index contributed by atoms with van der Waals surface area (Å²) in [5, 5.41) is 10.7. The van der Waals surface area contributed by atoms with Crippen molar-refractivity contribution in [3.8, 4) is 5.75 Å². The Morgan fingerprint density at radius 1 is 1.43 bits per heavy atom. The SMILES string of the molecule is CC(C)(C)OC(=O)N1CCC(C(O)c2ccc3c(c2)CCO3)C1. The topological polar surface area (TPSA) is 59.0 Å². The van der Waals surface area contributed by atoms with E-state index in [2.05, 4.69) is 0 Å². The van der Waals surface area contributed by atoms with Crippen LogP contribution >= 0.6 is 0 Å². The second-order valence-electron chi connectivity index (χ2n) is 7.39. The van der Waals surface area contributed by atoms with Crippen molar-refractivity contribution in [2.24, 2.45) is 5.92 Å². The molecule has 1 amide bonds. The fourth-order valence-corrected chi connectivity index (χ4v) is 3.20. The molecule has 0 spiro atoms. The highest BCUT2D eigenvalue weighted by Gasteiger charge is 2.34. The van der Waals surface area contributed by atoms with Crippen LogP contribution in [0.4, 0.5) is 4.79 Å². The molecule has 3 rings (SSSR count). The van der Waals surface area contributed by atoms with E-state index >= 15 is 0 Å². The molecule has 2 aliphatic rings. The molecule has 1 fully saturated rings. The third kappa shape index (κ3) is 3.61. The summed E-state index contributed by atoms with van der Waals surface area (Å²) in [7, 11) is 0. The summed E-state index contributed by atoms with van der Waals surface area (Å²) >= 11 is 0. The largest absolute Gasteiger partial charge is 0.493 e. The predicted molar refractivity (Wildman–Crippen MR) is 86.5 cm³/mol. The van der Waals surface area contributed by atoms with Gasteiger partial charge in [-0.1, -0.05) is 6.07 Å². The minimum atomic E-state index is -0.562.